The van der Waals surface area contributed by atoms with Crippen molar-refractivity contribution in [3.05, 3.63) is 105 Å². The van der Waals surface area contributed by atoms with Gasteiger partial charge in [-0.1, -0.05) is 70.9 Å². The first-order valence-electron chi connectivity index (χ1n) is 8.10. The summed E-state index contributed by atoms with van der Waals surface area (Å²) >= 11 is 13.8. The van der Waals surface area contributed by atoms with Crippen LogP contribution < -0.4 is 0 Å². The first-order chi connectivity index (χ1) is 12.6. The Hall–Kier alpha value is -2.00. The second-order valence-corrected chi connectivity index (χ2v) is 7.57. The molecule has 0 saturated heterocycles. The molecule has 3 rings (SSSR count). The summed E-state index contributed by atoms with van der Waals surface area (Å²) in [7, 11) is 0. The van der Waals surface area contributed by atoms with E-state index in [1.807, 2.05) is 60.0 Å². The van der Waals surface area contributed by atoms with Crippen molar-refractivity contribution in [2.45, 2.75) is 11.8 Å². The van der Waals surface area contributed by atoms with E-state index in [1.54, 1.807) is 11.8 Å². The van der Waals surface area contributed by atoms with Gasteiger partial charge in [-0.15, -0.1) is 0 Å². The Balaban J connectivity index is 1.88. The van der Waals surface area contributed by atoms with Gasteiger partial charge >= 0.3 is 0 Å². The van der Waals surface area contributed by atoms with Crippen molar-refractivity contribution in [3.8, 4) is 0 Å². The molecular formula is C22H17Cl2NS. The third kappa shape index (κ3) is 5.50. The molecule has 0 aliphatic heterocycles. The van der Waals surface area contributed by atoms with Gasteiger partial charge in [0.2, 0.25) is 0 Å². The molecule has 26 heavy (non-hydrogen) atoms. The van der Waals surface area contributed by atoms with Crippen molar-refractivity contribution in [1.29, 1.82) is 0 Å². The molecule has 0 aromatic heterocycles. The Labute approximate surface area is 168 Å². The van der Waals surface area contributed by atoms with Crippen LogP contribution in [0.2, 0.25) is 10.0 Å². The van der Waals surface area contributed by atoms with Crippen LogP contribution in [0, 0.1) is 6.92 Å². The number of thioether (sulfide) groups is 1. The van der Waals surface area contributed by atoms with E-state index >= 15 is 0 Å². The Morgan fingerprint density at radius 1 is 0.885 bits per heavy atom. The average molecular weight is 398 g/mol. The summed E-state index contributed by atoms with van der Waals surface area (Å²) in [6.45, 7) is 2.08. The summed E-state index contributed by atoms with van der Waals surface area (Å²) in [4.78, 5) is 5.94. The Morgan fingerprint density at radius 3 is 2.31 bits per heavy atom. The number of aliphatic imine (C=N–C) groups is 1. The fourth-order valence-electron chi connectivity index (χ4n) is 2.30. The van der Waals surface area contributed by atoms with Crippen LogP contribution in [0.5, 0.6) is 0 Å². The molecule has 0 aliphatic rings. The van der Waals surface area contributed by atoms with Gasteiger partial charge < -0.3 is 0 Å². The van der Waals surface area contributed by atoms with Crippen LogP contribution in [-0.2, 0) is 0 Å². The molecule has 3 aromatic rings. The average Bonchev–Trinajstić information content (AvgIpc) is 2.63. The first-order valence-corrected chi connectivity index (χ1v) is 9.74. The number of aryl methyl sites for hydroxylation is 1. The van der Waals surface area contributed by atoms with Crippen LogP contribution >= 0.6 is 35.0 Å². The molecule has 0 aliphatic carbocycles. The smallest absolute Gasteiger partial charge is 0.0714 e. The summed E-state index contributed by atoms with van der Waals surface area (Å²) in [5.74, 6) is 0. The molecule has 0 bridgehead atoms. The second kappa shape index (κ2) is 9.09. The summed E-state index contributed by atoms with van der Waals surface area (Å²) in [5, 5.41) is 3.41. The van der Waals surface area contributed by atoms with Crippen molar-refractivity contribution < 1.29 is 0 Å². The molecule has 0 spiro atoms. The van der Waals surface area contributed by atoms with Crippen molar-refractivity contribution in [2.75, 3.05) is 0 Å². The number of nitrogens with zero attached hydrogens (tertiary/aromatic N) is 1. The van der Waals surface area contributed by atoms with E-state index in [1.165, 1.54) is 10.5 Å². The summed E-state index contributed by atoms with van der Waals surface area (Å²) < 4.78 is 0. The summed E-state index contributed by atoms with van der Waals surface area (Å²) in [6.07, 6.45) is 2.01. The lowest BCUT2D eigenvalue weighted by molar-refractivity contribution is 1.38. The van der Waals surface area contributed by atoms with E-state index in [2.05, 4.69) is 31.2 Å². The third-order valence-electron chi connectivity index (χ3n) is 3.65. The van der Waals surface area contributed by atoms with Crippen LogP contribution in [-0.4, -0.2) is 5.71 Å². The molecule has 3 aromatic carbocycles. The predicted octanol–water partition coefficient (Wildman–Crippen LogP) is 7.73. The van der Waals surface area contributed by atoms with Gasteiger partial charge in [0.15, 0.2) is 0 Å². The van der Waals surface area contributed by atoms with Crippen LogP contribution in [0.15, 0.2) is 94.2 Å². The summed E-state index contributed by atoms with van der Waals surface area (Å²) in [6, 6.07) is 23.6. The molecule has 0 N–H and O–H groups in total. The standard InChI is InChI=1S/C22H17Cl2NS/c1-16-5-11-21(12-6-16)26-14-13-22(17-7-9-18(23)10-8-17)25-20-4-2-3-19(24)15-20/h2-15H,1H3. The molecule has 0 heterocycles. The maximum absolute atomic E-state index is 6.08. The highest BCUT2D eigenvalue weighted by Crippen LogP contribution is 2.23. The third-order valence-corrected chi connectivity index (χ3v) is 4.95. The van der Waals surface area contributed by atoms with Crippen molar-refractivity contribution in [1.82, 2.24) is 0 Å². The molecule has 0 radical (unpaired) electrons. The van der Waals surface area contributed by atoms with Crippen LogP contribution in [0.3, 0.4) is 0 Å². The van der Waals surface area contributed by atoms with Crippen LogP contribution in [0.4, 0.5) is 5.69 Å². The van der Waals surface area contributed by atoms with Gasteiger partial charge in [0.1, 0.15) is 0 Å². The van der Waals surface area contributed by atoms with Gasteiger partial charge in [-0.3, -0.25) is 0 Å². The summed E-state index contributed by atoms with van der Waals surface area (Å²) in [5.41, 5.74) is 3.91. The van der Waals surface area contributed by atoms with E-state index < -0.39 is 0 Å². The lowest BCUT2D eigenvalue weighted by Crippen LogP contribution is -1.95. The monoisotopic (exact) mass is 397 g/mol. The largest absolute Gasteiger partial charge is 0.248 e. The zero-order valence-electron chi connectivity index (χ0n) is 14.2. The van der Waals surface area contributed by atoms with E-state index in [0.29, 0.717) is 10.0 Å². The normalized spacial score (nSPS) is 11.9. The molecule has 130 valence electrons. The molecule has 0 amide bonds. The second-order valence-electron chi connectivity index (χ2n) is 5.72. The Kier molecular flexibility index (Phi) is 6.56. The van der Waals surface area contributed by atoms with Crippen molar-refractivity contribution in [3.63, 3.8) is 0 Å². The quantitative estimate of drug-likeness (QED) is 0.316. The molecule has 0 unspecified atom stereocenters. The van der Waals surface area contributed by atoms with Gasteiger partial charge in [-0.05, 0) is 60.9 Å². The molecular weight excluding hydrogens is 381 g/mol. The molecule has 4 heteroatoms. The molecule has 0 saturated carbocycles. The fraction of sp³-hybridized carbons (Fsp3) is 0.0455. The van der Waals surface area contributed by atoms with Gasteiger partial charge in [0.25, 0.3) is 0 Å². The maximum Gasteiger partial charge on any atom is 0.0714 e. The van der Waals surface area contributed by atoms with Crippen LogP contribution in [0.1, 0.15) is 11.1 Å². The number of halogens is 2. The highest BCUT2D eigenvalue weighted by Gasteiger charge is 2.02. The first kappa shape index (κ1) is 18.8. The van der Waals surface area contributed by atoms with E-state index in [9.17, 15) is 0 Å². The molecule has 0 atom stereocenters. The Bertz CT molecular complexity index is 929. The number of hydrogen-bond acceptors (Lipinski definition) is 2. The van der Waals surface area contributed by atoms with E-state index in [0.717, 1.165) is 17.0 Å². The Morgan fingerprint density at radius 2 is 1.62 bits per heavy atom. The zero-order valence-corrected chi connectivity index (χ0v) is 16.5. The van der Waals surface area contributed by atoms with Crippen molar-refractivity contribution >= 4 is 46.4 Å². The van der Waals surface area contributed by atoms with E-state index in [4.69, 9.17) is 28.2 Å². The predicted molar refractivity (Wildman–Crippen MR) is 115 cm³/mol. The molecule has 0 fully saturated rings. The van der Waals surface area contributed by atoms with Crippen LogP contribution in [0.25, 0.3) is 0 Å². The minimum Gasteiger partial charge on any atom is -0.248 e. The number of benzene rings is 3. The fourth-order valence-corrected chi connectivity index (χ4v) is 3.26. The topological polar surface area (TPSA) is 12.4 Å². The zero-order chi connectivity index (χ0) is 18.4. The number of allylic oxidation sites excluding steroid dienone is 1. The van der Waals surface area contributed by atoms with E-state index in [-0.39, 0.29) is 0 Å². The number of hydrogen-bond donors (Lipinski definition) is 0. The van der Waals surface area contributed by atoms with Gasteiger partial charge in [-0.2, -0.15) is 0 Å². The highest BCUT2D eigenvalue weighted by molar-refractivity contribution is 8.02. The minimum atomic E-state index is 0.666. The lowest BCUT2D eigenvalue weighted by atomic mass is 10.1. The maximum atomic E-state index is 6.08. The van der Waals surface area contributed by atoms with Gasteiger partial charge in [-0.25, -0.2) is 4.99 Å². The molecule has 1 nitrogen and oxygen atoms in total. The lowest BCUT2D eigenvalue weighted by Gasteiger charge is -2.04. The number of rotatable bonds is 5. The highest BCUT2D eigenvalue weighted by atomic mass is 35.5. The van der Waals surface area contributed by atoms with Gasteiger partial charge in [0, 0.05) is 20.5 Å². The minimum absolute atomic E-state index is 0.666. The van der Waals surface area contributed by atoms with Crippen molar-refractivity contribution in [2.24, 2.45) is 4.99 Å². The SMILES string of the molecule is Cc1ccc(SC=CC(=Nc2cccc(Cl)c2)c2ccc(Cl)cc2)cc1. The van der Waals surface area contributed by atoms with Gasteiger partial charge in [0.05, 0.1) is 11.4 Å².